The highest BCUT2D eigenvalue weighted by molar-refractivity contribution is 7.03. The molecule has 6 nitrogen and oxygen atoms in total. The van der Waals surface area contributed by atoms with Gasteiger partial charge in [-0.15, -0.1) is 5.10 Å². The average Bonchev–Trinajstić information content (AvgIpc) is 3.11. The summed E-state index contributed by atoms with van der Waals surface area (Å²) in [5.41, 5.74) is 0.332. The minimum atomic E-state index is -0.235. The average molecular weight is 308 g/mol. The van der Waals surface area contributed by atoms with E-state index in [1.165, 1.54) is 32.1 Å². The van der Waals surface area contributed by atoms with Crippen LogP contribution in [-0.4, -0.2) is 45.4 Å². The highest BCUT2D eigenvalue weighted by atomic mass is 32.1. The van der Waals surface area contributed by atoms with E-state index < -0.39 is 0 Å². The molecule has 1 aliphatic carbocycles. The minimum absolute atomic E-state index is 0.102. The van der Waals surface area contributed by atoms with Gasteiger partial charge in [0.1, 0.15) is 0 Å². The lowest BCUT2D eigenvalue weighted by Crippen LogP contribution is -2.38. The van der Waals surface area contributed by atoms with Crippen LogP contribution >= 0.6 is 11.5 Å². The van der Waals surface area contributed by atoms with Gasteiger partial charge in [-0.05, 0) is 30.3 Å². The fourth-order valence-corrected chi connectivity index (χ4v) is 3.69. The van der Waals surface area contributed by atoms with E-state index in [1.807, 2.05) is 4.90 Å². The van der Waals surface area contributed by atoms with Gasteiger partial charge in [-0.25, -0.2) is 0 Å². The summed E-state index contributed by atoms with van der Waals surface area (Å²) in [6, 6.07) is -0.102. The number of rotatable bonds is 4. The van der Waals surface area contributed by atoms with Gasteiger partial charge in [0.2, 0.25) is 5.91 Å². The Bertz CT molecular complexity index is 499. The van der Waals surface area contributed by atoms with E-state index in [0.717, 1.165) is 18.1 Å². The predicted molar refractivity (Wildman–Crippen MR) is 78.9 cm³/mol. The maximum atomic E-state index is 12.1. The van der Waals surface area contributed by atoms with Crippen molar-refractivity contribution in [3.63, 3.8) is 0 Å². The summed E-state index contributed by atoms with van der Waals surface area (Å²) in [6.07, 6.45) is 6.74. The molecule has 1 N–H and O–H groups in total. The zero-order valence-electron chi connectivity index (χ0n) is 12.0. The Kier molecular flexibility index (Phi) is 4.48. The Labute approximate surface area is 128 Å². The van der Waals surface area contributed by atoms with Crippen molar-refractivity contribution in [2.75, 3.05) is 13.1 Å². The van der Waals surface area contributed by atoms with Gasteiger partial charge in [0.25, 0.3) is 5.91 Å². The van der Waals surface area contributed by atoms with Crippen LogP contribution in [0.3, 0.4) is 0 Å². The number of amides is 2. The molecule has 1 atom stereocenters. The molecule has 7 heteroatoms. The lowest BCUT2D eigenvalue weighted by molar-refractivity contribution is -0.128. The largest absolute Gasteiger partial charge is 0.346 e. The zero-order chi connectivity index (χ0) is 14.7. The van der Waals surface area contributed by atoms with E-state index in [-0.39, 0.29) is 17.9 Å². The Morgan fingerprint density at radius 2 is 2.19 bits per heavy atom. The molecule has 3 rings (SSSR count). The molecule has 114 valence electrons. The second-order valence-corrected chi connectivity index (χ2v) is 6.58. The SMILES string of the molecule is O=C(NC1CC(=O)N(CC2CCCCC2)C1)c1csnn1. The molecular weight excluding hydrogens is 288 g/mol. The number of nitrogens with one attached hydrogen (secondary N) is 1. The van der Waals surface area contributed by atoms with Crippen LogP contribution in [0.25, 0.3) is 0 Å². The first-order valence-corrected chi connectivity index (χ1v) is 8.41. The summed E-state index contributed by atoms with van der Waals surface area (Å²) in [5, 5.41) is 8.25. The first-order chi connectivity index (χ1) is 10.2. The standard InChI is InChI=1S/C14H20N4O2S/c19-13-6-11(15-14(20)12-9-21-17-16-12)8-18(13)7-10-4-2-1-3-5-10/h9-11H,1-8H2,(H,15,20). The van der Waals surface area contributed by atoms with Gasteiger partial charge in [-0.2, -0.15) is 0 Å². The van der Waals surface area contributed by atoms with Crippen LogP contribution in [0.5, 0.6) is 0 Å². The minimum Gasteiger partial charge on any atom is -0.346 e. The van der Waals surface area contributed by atoms with Crippen LogP contribution in [0.15, 0.2) is 5.38 Å². The third-order valence-corrected chi connectivity index (χ3v) is 4.85. The Hall–Kier alpha value is -1.50. The third-order valence-electron chi connectivity index (χ3n) is 4.35. The maximum Gasteiger partial charge on any atom is 0.273 e. The van der Waals surface area contributed by atoms with Crippen molar-refractivity contribution in [1.82, 2.24) is 19.8 Å². The summed E-state index contributed by atoms with van der Waals surface area (Å²) in [7, 11) is 0. The topological polar surface area (TPSA) is 75.2 Å². The molecule has 1 aromatic rings. The summed E-state index contributed by atoms with van der Waals surface area (Å²) in [4.78, 5) is 25.9. The second kappa shape index (κ2) is 6.51. The number of carbonyl (C=O) groups excluding carboxylic acids is 2. The second-order valence-electron chi connectivity index (χ2n) is 5.97. The summed E-state index contributed by atoms with van der Waals surface area (Å²) in [5.74, 6) is 0.559. The van der Waals surface area contributed by atoms with Crippen molar-refractivity contribution in [2.24, 2.45) is 5.92 Å². The zero-order valence-corrected chi connectivity index (χ0v) is 12.8. The molecule has 2 heterocycles. The van der Waals surface area contributed by atoms with E-state index in [4.69, 9.17) is 0 Å². The molecule has 0 spiro atoms. The highest BCUT2D eigenvalue weighted by Crippen LogP contribution is 2.26. The van der Waals surface area contributed by atoms with Gasteiger partial charge in [0.05, 0.1) is 6.04 Å². The summed E-state index contributed by atoms with van der Waals surface area (Å²) < 4.78 is 3.68. The van der Waals surface area contributed by atoms with E-state index in [2.05, 4.69) is 14.9 Å². The number of nitrogens with zero attached hydrogens (tertiary/aromatic N) is 3. The summed E-state index contributed by atoms with van der Waals surface area (Å²) in [6.45, 7) is 1.47. The predicted octanol–water partition coefficient (Wildman–Crippen LogP) is 1.45. The number of carbonyl (C=O) groups is 2. The molecule has 2 aliphatic rings. The molecule has 1 saturated carbocycles. The van der Waals surface area contributed by atoms with Crippen LogP contribution in [0.2, 0.25) is 0 Å². The van der Waals surface area contributed by atoms with Gasteiger partial charge >= 0.3 is 0 Å². The van der Waals surface area contributed by atoms with Crippen molar-refractivity contribution in [2.45, 2.75) is 44.6 Å². The van der Waals surface area contributed by atoms with Crippen LogP contribution in [-0.2, 0) is 4.79 Å². The first-order valence-electron chi connectivity index (χ1n) is 7.58. The molecule has 1 saturated heterocycles. The quantitative estimate of drug-likeness (QED) is 0.913. The van der Waals surface area contributed by atoms with Crippen LogP contribution < -0.4 is 5.32 Å². The lowest BCUT2D eigenvalue weighted by Gasteiger charge is -2.27. The molecular formula is C14H20N4O2S. The lowest BCUT2D eigenvalue weighted by atomic mass is 9.89. The number of aromatic nitrogens is 2. The van der Waals surface area contributed by atoms with Gasteiger partial charge in [-0.1, -0.05) is 23.8 Å². The number of hydrogen-bond donors (Lipinski definition) is 1. The molecule has 21 heavy (non-hydrogen) atoms. The van der Waals surface area contributed by atoms with E-state index in [1.54, 1.807) is 5.38 Å². The van der Waals surface area contributed by atoms with Crippen LogP contribution in [0, 0.1) is 5.92 Å². The fraction of sp³-hybridized carbons (Fsp3) is 0.714. The molecule has 0 bridgehead atoms. The van der Waals surface area contributed by atoms with E-state index in [0.29, 0.717) is 24.6 Å². The van der Waals surface area contributed by atoms with Gasteiger partial charge in [0, 0.05) is 24.9 Å². The molecule has 0 radical (unpaired) electrons. The van der Waals surface area contributed by atoms with E-state index in [9.17, 15) is 9.59 Å². The Balaban J connectivity index is 1.51. The van der Waals surface area contributed by atoms with Crippen molar-refractivity contribution in [3.05, 3.63) is 11.1 Å². The molecule has 1 unspecified atom stereocenters. The molecule has 2 fully saturated rings. The fourth-order valence-electron chi connectivity index (χ4n) is 3.25. The van der Waals surface area contributed by atoms with Gasteiger partial charge in [0.15, 0.2) is 5.69 Å². The van der Waals surface area contributed by atoms with Crippen LogP contribution in [0.4, 0.5) is 0 Å². The molecule has 1 aromatic heterocycles. The normalized spacial score (nSPS) is 23.5. The number of hydrogen-bond acceptors (Lipinski definition) is 5. The Morgan fingerprint density at radius 1 is 1.38 bits per heavy atom. The van der Waals surface area contributed by atoms with E-state index >= 15 is 0 Å². The Morgan fingerprint density at radius 3 is 2.90 bits per heavy atom. The molecule has 2 amide bonds. The maximum absolute atomic E-state index is 12.1. The van der Waals surface area contributed by atoms with Gasteiger partial charge < -0.3 is 10.2 Å². The van der Waals surface area contributed by atoms with Crippen molar-refractivity contribution in [3.8, 4) is 0 Å². The molecule has 1 aliphatic heterocycles. The van der Waals surface area contributed by atoms with Crippen LogP contribution in [0.1, 0.15) is 49.0 Å². The van der Waals surface area contributed by atoms with Crippen molar-refractivity contribution < 1.29 is 9.59 Å². The molecule has 0 aromatic carbocycles. The highest BCUT2D eigenvalue weighted by Gasteiger charge is 2.32. The van der Waals surface area contributed by atoms with Gasteiger partial charge in [-0.3, -0.25) is 9.59 Å². The smallest absolute Gasteiger partial charge is 0.273 e. The number of likely N-dealkylation sites (tertiary alicyclic amines) is 1. The van der Waals surface area contributed by atoms with Crippen molar-refractivity contribution in [1.29, 1.82) is 0 Å². The monoisotopic (exact) mass is 308 g/mol. The summed E-state index contributed by atoms with van der Waals surface area (Å²) >= 11 is 1.15. The third kappa shape index (κ3) is 3.58. The first kappa shape index (κ1) is 14.4. The van der Waals surface area contributed by atoms with Crippen molar-refractivity contribution >= 4 is 23.3 Å².